The van der Waals surface area contributed by atoms with Crippen LogP contribution in [0.1, 0.15) is 13.8 Å². The second kappa shape index (κ2) is 5.63. The molecule has 1 aliphatic heterocycles. The molecule has 22 heavy (non-hydrogen) atoms. The van der Waals surface area contributed by atoms with Gasteiger partial charge in [-0.05, 0) is 26.0 Å². The number of sulfonamides is 1. The highest BCUT2D eigenvalue weighted by atomic mass is 32.2. The molecule has 3 rings (SSSR count). The molecule has 118 valence electrons. The van der Waals surface area contributed by atoms with Crippen LogP contribution < -0.4 is 15.6 Å². The van der Waals surface area contributed by atoms with Gasteiger partial charge in [0.05, 0.1) is 11.9 Å². The van der Waals surface area contributed by atoms with Gasteiger partial charge in [0.15, 0.2) is 5.82 Å². The van der Waals surface area contributed by atoms with Gasteiger partial charge >= 0.3 is 0 Å². The van der Waals surface area contributed by atoms with Gasteiger partial charge in [-0.15, -0.1) is 0 Å². The highest BCUT2D eigenvalue weighted by molar-refractivity contribution is 7.93. The Morgan fingerprint density at radius 2 is 1.95 bits per heavy atom. The fourth-order valence-electron chi connectivity index (χ4n) is 2.54. The quantitative estimate of drug-likeness (QED) is 0.705. The monoisotopic (exact) mass is 323 g/mol. The van der Waals surface area contributed by atoms with E-state index in [4.69, 9.17) is 0 Å². The summed E-state index contributed by atoms with van der Waals surface area (Å²) < 4.78 is 29.1. The van der Waals surface area contributed by atoms with Crippen LogP contribution in [0.15, 0.2) is 31.0 Å². The van der Waals surface area contributed by atoms with Crippen molar-refractivity contribution in [2.24, 2.45) is 0 Å². The molecule has 2 atom stereocenters. The average Bonchev–Trinajstić information content (AvgIpc) is 3.09. The first-order valence-electron chi connectivity index (χ1n) is 6.81. The first-order valence-corrected chi connectivity index (χ1v) is 8.36. The van der Waals surface area contributed by atoms with Crippen LogP contribution in [0.25, 0.3) is 5.82 Å². The summed E-state index contributed by atoms with van der Waals surface area (Å²) in [5.74, 6) is 0.561. The molecule has 0 amide bonds. The number of rotatable bonds is 4. The van der Waals surface area contributed by atoms with Gasteiger partial charge in [0.1, 0.15) is 17.9 Å². The van der Waals surface area contributed by atoms with E-state index in [-0.39, 0.29) is 12.1 Å². The molecule has 0 aromatic carbocycles. The Morgan fingerprint density at radius 3 is 2.50 bits per heavy atom. The molecule has 10 heteroatoms. The fraction of sp³-hybridized carbons (Fsp3) is 0.417. The summed E-state index contributed by atoms with van der Waals surface area (Å²) in [6, 6.07) is 2.95. The summed E-state index contributed by atoms with van der Waals surface area (Å²) in [4.78, 5) is 8.01. The van der Waals surface area contributed by atoms with Crippen LogP contribution in [0, 0.1) is 0 Å². The normalized spacial score (nSPS) is 25.3. The van der Waals surface area contributed by atoms with E-state index >= 15 is 0 Å². The molecule has 9 nitrogen and oxygen atoms in total. The van der Waals surface area contributed by atoms with E-state index < -0.39 is 15.3 Å². The molecule has 3 heterocycles. The summed E-state index contributed by atoms with van der Waals surface area (Å²) in [5, 5.41) is 3.39. The lowest BCUT2D eigenvalue weighted by Crippen LogP contribution is -2.41. The first-order chi connectivity index (χ1) is 10.5. The smallest absolute Gasteiger partial charge is 0.238 e. The maximum absolute atomic E-state index is 12.5. The third-order valence-corrected chi connectivity index (χ3v) is 5.60. The van der Waals surface area contributed by atoms with Gasteiger partial charge in [0, 0.05) is 12.1 Å². The minimum Gasteiger partial charge on any atom is -0.282 e. The molecule has 0 saturated carbocycles. The SMILES string of the molecule is CC1NNC(C)C1S(=O)(=O)Nc1ccc(-n2cncn2)nc1. The summed E-state index contributed by atoms with van der Waals surface area (Å²) in [7, 11) is -3.53. The van der Waals surface area contributed by atoms with Crippen LogP contribution in [0.5, 0.6) is 0 Å². The standard InChI is InChI=1S/C12H17N7O2S/c1-8-12(9(2)17-16-8)22(20,21)18-10-3-4-11(14-5-10)19-7-13-6-15-19/h3-9,12,16-18H,1-2H3. The topological polar surface area (TPSA) is 114 Å². The minimum atomic E-state index is -3.53. The van der Waals surface area contributed by atoms with Crippen molar-refractivity contribution in [1.82, 2.24) is 30.6 Å². The number of hydrogen-bond donors (Lipinski definition) is 3. The second-order valence-corrected chi connectivity index (χ2v) is 7.06. The molecule has 0 bridgehead atoms. The molecule has 2 aromatic rings. The molecule has 0 radical (unpaired) electrons. The van der Waals surface area contributed by atoms with E-state index in [0.717, 1.165) is 0 Å². The van der Waals surface area contributed by atoms with Crippen molar-refractivity contribution in [3.8, 4) is 5.82 Å². The molecule has 2 unspecified atom stereocenters. The Balaban J connectivity index is 1.78. The van der Waals surface area contributed by atoms with Gasteiger partial charge in [0.2, 0.25) is 10.0 Å². The van der Waals surface area contributed by atoms with E-state index in [2.05, 4.69) is 30.6 Å². The van der Waals surface area contributed by atoms with E-state index in [1.54, 1.807) is 12.1 Å². The summed E-state index contributed by atoms with van der Waals surface area (Å²) in [6.45, 7) is 3.65. The summed E-state index contributed by atoms with van der Waals surface area (Å²) >= 11 is 0. The number of anilines is 1. The number of hydrazine groups is 1. The predicted octanol–water partition coefficient (Wildman–Crippen LogP) is -0.343. The van der Waals surface area contributed by atoms with Gasteiger partial charge in [-0.1, -0.05) is 0 Å². The van der Waals surface area contributed by atoms with E-state index in [9.17, 15) is 8.42 Å². The third-order valence-electron chi connectivity index (χ3n) is 3.54. The zero-order valence-corrected chi connectivity index (χ0v) is 12.9. The van der Waals surface area contributed by atoms with E-state index in [1.165, 1.54) is 23.5 Å². The second-order valence-electron chi connectivity index (χ2n) is 5.22. The van der Waals surface area contributed by atoms with Crippen LogP contribution in [0.3, 0.4) is 0 Å². The first kappa shape index (κ1) is 14.9. The Morgan fingerprint density at radius 1 is 1.23 bits per heavy atom. The van der Waals surface area contributed by atoms with Crippen molar-refractivity contribution < 1.29 is 8.42 Å². The van der Waals surface area contributed by atoms with Gasteiger partial charge in [-0.3, -0.25) is 15.6 Å². The van der Waals surface area contributed by atoms with Gasteiger partial charge in [0.25, 0.3) is 0 Å². The summed E-state index contributed by atoms with van der Waals surface area (Å²) in [5.41, 5.74) is 6.28. The van der Waals surface area contributed by atoms with Crippen molar-refractivity contribution in [1.29, 1.82) is 0 Å². The molecule has 1 fully saturated rings. The predicted molar refractivity (Wildman–Crippen MR) is 80.7 cm³/mol. The molecule has 1 saturated heterocycles. The van der Waals surface area contributed by atoms with Crippen molar-refractivity contribution in [3.63, 3.8) is 0 Å². The maximum atomic E-state index is 12.5. The number of nitrogens with one attached hydrogen (secondary N) is 3. The van der Waals surface area contributed by atoms with Crippen molar-refractivity contribution >= 4 is 15.7 Å². The molecular weight excluding hydrogens is 306 g/mol. The van der Waals surface area contributed by atoms with Crippen LogP contribution in [0.2, 0.25) is 0 Å². The van der Waals surface area contributed by atoms with E-state index in [0.29, 0.717) is 11.5 Å². The lowest BCUT2D eigenvalue weighted by Gasteiger charge is -2.19. The zero-order valence-electron chi connectivity index (χ0n) is 12.1. The van der Waals surface area contributed by atoms with Gasteiger partial charge < -0.3 is 0 Å². The van der Waals surface area contributed by atoms with Crippen LogP contribution in [-0.2, 0) is 10.0 Å². The Kier molecular flexibility index (Phi) is 3.81. The van der Waals surface area contributed by atoms with Gasteiger partial charge in [-0.2, -0.15) is 5.10 Å². The lowest BCUT2D eigenvalue weighted by atomic mass is 10.2. The highest BCUT2D eigenvalue weighted by Crippen LogP contribution is 2.19. The molecule has 0 spiro atoms. The lowest BCUT2D eigenvalue weighted by molar-refractivity contribution is 0.564. The fourth-order valence-corrected chi connectivity index (χ4v) is 4.33. The Labute approximate surface area is 128 Å². The van der Waals surface area contributed by atoms with Crippen LogP contribution in [0.4, 0.5) is 5.69 Å². The average molecular weight is 323 g/mol. The third kappa shape index (κ3) is 2.80. The molecule has 3 N–H and O–H groups in total. The zero-order chi connectivity index (χ0) is 15.7. The van der Waals surface area contributed by atoms with Crippen molar-refractivity contribution in [2.75, 3.05) is 4.72 Å². The highest BCUT2D eigenvalue weighted by Gasteiger charge is 2.40. The van der Waals surface area contributed by atoms with Crippen molar-refractivity contribution in [2.45, 2.75) is 31.2 Å². The number of aromatic nitrogens is 4. The van der Waals surface area contributed by atoms with E-state index in [1.807, 2.05) is 13.8 Å². The number of hydrogen-bond acceptors (Lipinski definition) is 7. The Bertz CT molecular complexity index is 719. The largest absolute Gasteiger partial charge is 0.282 e. The summed E-state index contributed by atoms with van der Waals surface area (Å²) in [6.07, 6.45) is 4.38. The van der Waals surface area contributed by atoms with Gasteiger partial charge in [-0.25, -0.2) is 23.1 Å². The van der Waals surface area contributed by atoms with Crippen LogP contribution >= 0.6 is 0 Å². The number of pyridine rings is 1. The Hall–Kier alpha value is -2.04. The molecule has 0 aliphatic carbocycles. The molecular formula is C12H17N7O2S. The van der Waals surface area contributed by atoms with Crippen LogP contribution in [-0.4, -0.2) is 45.5 Å². The molecule has 1 aliphatic rings. The maximum Gasteiger partial charge on any atom is 0.238 e. The number of nitrogens with zero attached hydrogens (tertiary/aromatic N) is 4. The molecule has 2 aromatic heterocycles. The minimum absolute atomic E-state index is 0.185. The van der Waals surface area contributed by atoms with Crippen molar-refractivity contribution in [3.05, 3.63) is 31.0 Å².